The van der Waals surface area contributed by atoms with Crippen LogP contribution in [-0.4, -0.2) is 97.4 Å². The summed E-state index contributed by atoms with van der Waals surface area (Å²) in [7, 11) is -5.76. The second kappa shape index (κ2) is 22.5. The van der Waals surface area contributed by atoms with Gasteiger partial charge in [-0.1, -0.05) is 0 Å². The lowest BCUT2D eigenvalue weighted by molar-refractivity contribution is -0.422. The smallest absolute Gasteiger partial charge is 0.258 e. The van der Waals surface area contributed by atoms with Crippen LogP contribution in [0, 0.1) is 121 Å². The minimum atomic E-state index is -5.76. The van der Waals surface area contributed by atoms with Gasteiger partial charge in [0.25, 0.3) is 0 Å². The van der Waals surface area contributed by atoms with Crippen molar-refractivity contribution in [3.05, 3.63) is 231 Å². The van der Waals surface area contributed by atoms with Crippen LogP contribution in [0.25, 0.3) is 89.4 Å². The monoisotopic (exact) mass is 1290 g/mol. The summed E-state index contributed by atoms with van der Waals surface area (Å²) in [5.41, 5.74) is -28.0. The number of sulfone groups is 1. The maximum atomic E-state index is 15.3. The van der Waals surface area contributed by atoms with E-state index in [0.29, 0.717) is 78.9 Å². The van der Waals surface area contributed by atoms with Crippen molar-refractivity contribution in [3.63, 3.8) is 0 Å². The highest BCUT2D eigenvalue weighted by molar-refractivity contribution is 7.91. The van der Waals surface area contributed by atoms with Gasteiger partial charge in [0.1, 0.15) is 38.8 Å². The van der Waals surface area contributed by atoms with Crippen molar-refractivity contribution in [2.24, 2.45) is 0 Å². The average Bonchev–Trinajstić information content (AvgIpc) is 0.710. The Hall–Kier alpha value is -14.7. The van der Waals surface area contributed by atoms with Crippen molar-refractivity contribution in [2.45, 2.75) is 9.92 Å². The van der Waals surface area contributed by atoms with E-state index in [1.54, 1.807) is 0 Å². The molecular weight excluding hydrogens is 1280 g/mol. The number of aromatic nitrogens is 6. The summed E-state index contributed by atoms with van der Waals surface area (Å²) in [4.78, 5) is 158. The van der Waals surface area contributed by atoms with Gasteiger partial charge in [0.05, 0.1) is 86.8 Å². The van der Waals surface area contributed by atoms with Gasteiger partial charge in [0.2, 0.25) is 9.84 Å². The van der Waals surface area contributed by atoms with E-state index in [2.05, 4.69) is 29.9 Å². The van der Waals surface area contributed by atoms with E-state index in [-0.39, 0.29) is 6.07 Å². The first-order valence-electron chi connectivity index (χ1n) is 24.4. The van der Waals surface area contributed by atoms with Gasteiger partial charge in [-0.15, -0.1) is 0 Å². The summed E-state index contributed by atoms with van der Waals surface area (Å²) in [6.07, 6.45) is 0. The number of hydrogen-bond acceptors (Lipinski definition) is 32. The normalized spacial score (nSPS) is 11.3. The SMILES string of the molecule is O=[N+]([O-])c1ccc(-c2nc3c4nc(-c5ccc([N+](=O)[O-])c([N+](=O)[O-])c5)c(-c5ccc([N+](=O)[O-])c([N+](=O)[O-])c5)nc4c4nc(S(=O)(=O)c5ccc([N+](=O)[O-])c([N+](=O)[O-])c5)c(-c5ccc([N+](=O)[O-])c([N+](=O)[O-])c5)nc4c3nc2-c2ccc([N+](=O)[O-])c([N+](=O)[O-])c2)cc1[N+](=O)[O-]. The van der Waals surface area contributed by atoms with Gasteiger partial charge in [-0.2, -0.15) is 0 Å². The predicted octanol–water partition coefficient (Wildman–Crippen LogP) is 9.58. The fourth-order valence-corrected chi connectivity index (χ4v) is 10.8. The minimum Gasteiger partial charge on any atom is -0.258 e. The summed E-state index contributed by atoms with van der Waals surface area (Å²) in [5, 5.41) is 146. The molecule has 10 rings (SSSR count). The topological polar surface area (TPSA) is 629 Å². The zero-order chi connectivity index (χ0) is 67.7. The third-order valence-electron chi connectivity index (χ3n) is 13.4. The molecule has 0 unspecified atom stereocenters. The molecule has 462 valence electrons. The fourth-order valence-electron chi connectivity index (χ4n) is 9.40. The maximum Gasteiger partial charge on any atom is 0.347 e. The third-order valence-corrected chi connectivity index (χ3v) is 15.1. The maximum absolute atomic E-state index is 15.3. The van der Waals surface area contributed by atoms with E-state index in [1.165, 1.54) is 0 Å². The lowest BCUT2D eigenvalue weighted by Gasteiger charge is -2.17. The molecule has 0 amide bonds. The van der Waals surface area contributed by atoms with Gasteiger partial charge < -0.3 is 0 Å². The molecule has 0 aliphatic carbocycles. The summed E-state index contributed by atoms with van der Waals surface area (Å²) in [5.74, 6) is 0. The van der Waals surface area contributed by atoms with E-state index in [1.807, 2.05) is 0 Å². The number of nitro groups is 12. The highest BCUT2D eigenvalue weighted by Crippen LogP contribution is 2.46. The molecule has 0 N–H and O–H groups in total. The molecule has 0 spiro atoms. The molecule has 7 aromatic carbocycles. The summed E-state index contributed by atoms with van der Waals surface area (Å²) < 4.78 is 30.7. The predicted molar refractivity (Wildman–Crippen MR) is 305 cm³/mol. The molecule has 3 heterocycles. The Bertz CT molecular complexity index is 5270. The Balaban J connectivity index is 1.51. The standard InChI is InChI=1S/C48H18N18O26S/c67-55(68)25-7-1-19(13-31(25)61(79)80)37-38(20-2-8-26(56(69)70)32(14-20)62(81)82)51-44-42(49-37)43-45(52-40(22-4-10-28(58(73)74)34(16-22)64(85)86)39(50-43)21-3-9-27(57(71)72)33(15-21)63(83)84)47-46(44)53-41(23-5-11-29(59(75)76)35(17-23)65(87)88)48(54-47)93(91,92)24-6-12-30(60(77)78)36(18-24)66(89)90/h1-18H. The zero-order valence-electron chi connectivity index (χ0n) is 44.5. The second-order valence-corrected chi connectivity index (χ2v) is 20.4. The van der Waals surface area contributed by atoms with Crippen molar-refractivity contribution in [1.29, 1.82) is 0 Å². The number of benzene rings is 7. The van der Waals surface area contributed by atoms with E-state index < -0.39 is 236 Å². The van der Waals surface area contributed by atoms with E-state index in [4.69, 9.17) is 0 Å². The van der Waals surface area contributed by atoms with Crippen LogP contribution in [0.5, 0.6) is 0 Å². The second-order valence-electron chi connectivity index (χ2n) is 18.6. The summed E-state index contributed by atoms with van der Waals surface area (Å²) in [6.45, 7) is 0. The lowest BCUT2D eigenvalue weighted by Crippen LogP contribution is -2.11. The zero-order valence-corrected chi connectivity index (χ0v) is 45.3. The molecule has 0 saturated heterocycles. The van der Waals surface area contributed by atoms with E-state index >= 15 is 8.42 Å². The van der Waals surface area contributed by atoms with Crippen LogP contribution in [0.2, 0.25) is 0 Å². The molecule has 10 aromatic rings. The van der Waals surface area contributed by atoms with Crippen LogP contribution < -0.4 is 0 Å². The summed E-state index contributed by atoms with van der Waals surface area (Å²) >= 11 is 0. The van der Waals surface area contributed by atoms with Crippen molar-refractivity contribution < 1.29 is 67.5 Å². The Morgan fingerprint density at radius 3 is 0.634 bits per heavy atom. The Labute approximate surface area is 504 Å². The molecule has 0 aliphatic rings. The molecule has 0 radical (unpaired) electrons. The first-order chi connectivity index (χ1) is 43.8. The lowest BCUT2D eigenvalue weighted by atomic mass is 10.00. The van der Waals surface area contributed by atoms with Gasteiger partial charge in [0, 0.05) is 101 Å². The molecule has 0 bridgehead atoms. The Morgan fingerprint density at radius 2 is 0.409 bits per heavy atom. The molecule has 44 nitrogen and oxygen atoms in total. The highest BCUT2D eigenvalue weighted by Gasteiger charge is 2.38. The van der Waals surface area contributed by atoms with Crippen molar-refractivity contribution >= 4 is 111 Å². The molecule has 0 aliphatic heterocycles. The van der Waals surface area contributed by atoms with Crippen LogP contribution in [0.1, 0.15) is 0 Å². The molecule has 3 aromatic heterocycles. The largest absolute Gasteiger partial charge is 0.347 e. The first kappa shape index (κ1) is 61.4. The van der Waals surface area contributed by atoms with Crippen LogP contribution in [0.15, 0.2) is 119 Å². The van der Waals surface area contributed by atoms with Crippen molar-refractivity contribution in [3.8, 4) is 56.3 Å². The van der Waals surface area contributed by atoms with Gasteiger partial charge in [-0.05, 0) is 36.4 Å². The van der Waals surface area contributed by atoms with Gasteiger partial charge in [-0.3, -0.25) is 121 Å². The van der Waals surface area contributed by atoms with Gasteiger partial charge in [-0.25, -0.2) is 38.3 Å². The first-order valence-corrected chi connectivity index (χ1v) is 25.9. The molecule has 93 heavy (non-hydrogen) atoms. The number of rotatable bonds is 19. The van der Waals surface area contributed by atoms with Crippen LogP contribution in [-0.2, 0) is 9.84 Å². The van der Waals surface area contributed by atoms with E-state index in [0.717, 1.165) is 24.3 Å². The van der Waals surface area contributed by atoms with Crippen LogP contribution >= 0.6 is 0 Å². The fraction of sp³-hybridized carbons (Fsp3) is 0. The Kier molecular flexibility index (Phi) is 14.9. The minimum absolute atomic E-state index is 0.167. The number of fused-ring (bicyclic) bond motifs is 6. The third kappa shape index (κ3) is 10.6. The number of nitrogens with zero attached hydrogens (tertiary/aromatic N) is 18. The number of hydrogen-bond donors (Lipinski definition) is 0. The molecule has 0 fully saturated rings. The van der Waals surface area contributed by atoms with Gasteiger partial charge in [0.15, 0.2) is 5.03 Å². The molecule has 0 atom stereocenters. The van der Waals surface area contributed by atoms with Crippen molar-refractivity contribution in [2.75, 3.05) is 0 Å². The number of nitro benzene ring substituents is 12. The van der Waals surface area contributed by atoms with Crippen LogP contribution in [0.3, 0.4) is 0 Å². The molecular formula is C48H18N18O26S. The van der Waals surface area contributed by atoms with Gasteiger partial charge >= 0.3 is 68.2 Å². The van der Waals surface area contributed by atoms with Crippen molar-refractivity contribution in [1.82, 2.24) is 29.9 Å². The molecule has 45 heteroatoms. The van der Waals surface area contributed by atoms with E-state index in [9.17, 15) is 121 Å². The van der Waals surface area contributed by atoms with Crippen LogP contribution in [0.4, 0.5) is 68.2 Å². The Morgan fingerprint density at radius 1 is 0.226 bits per heavy atom. The summed E-state index contributed by atoms with van der Waals surface area (Å²) in [6, 6.07) is 10.1. The highest BCUT2D eigenvalue weighted by atomic mass is 32.2. The molecule has 0 saturated carbocycles. The average molecular weight is 1290 g/mol. The quantitative estimate of drug-likeness (QED) is 0.0413.